The van der Waals surface area contributed by atoms with Crippen LogP contribution >= 0.6 is 0 Å². The summed E-state index contributed by atoms with van der Waals surface area (Å²) in [4.78, 5) is 23.8. The lowest BCUT2D eigenvalue weighted by atomic mass is 9.92. The number of benzene rings is 1. The van der Waals surface area contributed by atoms with Crippen LogP contribution in [0.1, 0.15) is 51.6 Å². The maximum absolute atomic E-state index is 13.2. The van der Waals surface area contributed by atoms with E-state index in [0.717, 1.165) is 47.5 Å². The van der Waals surface area contributed by atoms with Gasteiger partial charge in [0, 0.05) is 30.3 Å². The number of hydrogen-bond acceptors (Lipinski definition) is 4. The first-order valence-electron chi connectivity index (χ1n) is 9.07. The van der Waals surface area contributed by atoms with Crippen LogP contribution in [-0.4, -0.2) is 43.5 Å². The second-order valence-electron chi connectivity index (χ2n) is 7.15. The maximum atomic E-state index is 13.2. The number of fused-ring (bicyclic) bond motifs is 1. The van der Waals surface area contributed by atoms with Crippen LogP contribution in [0.4, 0.5) is 0 Å². The summed E-state index contributed by atoms with van der Waals surface area (Å²) in [6.45, 7) is 7.49. The number of carbonyl (C=O) groups excluding carboxylic acids is 1. The number of amides is 1. The normalized spacial score (nSPS) is 17.7. The molecule has 0 spiro atoms. The summed E-state index contributed by atoms with van der Waals surface area (Å²) in [5.74, 6) is 0.993. The van der Waals surface area contributed by atoms with Gasteiger partial charge in [0.15, 0.2) is 0 Å². The molecule has 6 nitrogen and oxygen atoms in total. The Morgan fingerprint density at radius 1 is 1.19 bits per heavy atom. The minimum atomic E-state index is 0.130. The Balaban J connectivity index is 1.65. The molecule has 1 amide bonds. The molecule has 1 unspecified atom stereocenters. The number of nitrogens with zero attached hydrogens (tertiary/aromatic N) is 5. The van der Waals surface area contributed by atoms with Crippen LogP contribution in [0.2, 0.25) is 0 Å². The van der Waals surface area contributed by atoms with Crippen molar-refractivity contribution in [2.45, 2.75) is 39.5 Å². The van der Waals surface area contributed by atoms with Gasteiger partial charge in [-0.2, -0.15) is 10.1 Å². The molecule has 0 radical (unpaired) electrons. The van der Waals surface area contributed by atoms with Gasteiger partial charge in [0.2, 0.25) is 0 Å². The van der Waals surface area contributed by atoms with Gasteiger partial charge in [-0.15, -0.1) is 0 Å². The molecule has 1 atom stereocenters. The van der Waals surface area contributed by atoms with E-state index in [4.69, 9.17) is 0 Å². The number of carbonyl (C=O) groups is 1. The third-order valence-electron chi connectivity index (χ3n) is 5.23. The van der Waals surface area contributed by atoms with Crippen LogP contribution in [0.5, 0.6) is 0 Å². The molecule has 1 fully saturated rings. The fourth-order valence-corrected chi connectivity index (χ4v) is 3.96. The van der Waals surface area contributed by atoms with Gasteiger partial charge < -0.3 is 4.90 Å². The molecule has 6 heteroatoms. The van der Waals surface area contributed by atoms with Crippen molar-refractivity contribution in [2.75, 3.05) is 13.1 Å². The van der Waals surface area contributed by atoms with E-state index in [1.54, 1.807) is 0 Å². The Bertz CT molecular complexity index is 957. The van der Waals surface area contributed by atoms with Crippen molar-refractivity contribution in [3.8, 4) is 0 Å². The van der Waals surface area contributed by atoms with Crippen molar-refractivity contribution < 1.29 is 4.79 Å². The van der Waals surface area contributed by atoms with E-state index in [0.29, 0.717) is 12.3 Å². The minimum absolute atomic E-state index is 0.130. The van der Waals surface area contributed by atoms with Gasteiger partial charge in [0.25, 0.3) is 11.7 Å². The van der Waals surface area contributed by atoms with Crippen molar-refractivity contribution in [1.29, 1.82) is 0 Å². The Kier molecular flexibility index (Phi) is 4.18. The third kappa shape index (κ3) is 2.85. The first kappa shape index (κ1) is 16.7. The summed E-state index contributed by atoms with van der Waals surface area (Å²) in [5.41, 5.74) is 4.93. The molecule has 1 aliphatic heterocycles. The maximum Gasteiger partial charge on any atom is 0.254 e. The zero-order valence-corrected chi connectivity index (χ0v) is 15.4. The average molecular weight is 349 g/mol. The number of aromatic nitrogens is 4. The molecule has 0 N–H and O–H groups in total. The van der Waals surface area contributed by atoms with E-state index in [-0.39, 0.29) is 11.8 Å². The predicted octanol–water partition coefficient (Wildman–Crippen LogP) is 3.07. The quantitative estimate of drug-likeness (QED) is 0.713. The highest BCUT2D eigenvalue weighted by Crippen LogP contribution is 2.29. The van der Waals surface area contributed by atoms with E-state index >= 15 is 0 Å². The molecule has 1 saturated heterocycles. The smallest absolute Gasteiger partial charge is 0.254 e. The summed E-state index contributed by atoms with van der Waals surface area (Å²) in [5, 5.41) is 4.33. The zero-order chi connectivity index (χ0) is 18.3. The highest BCUT2D eigenvalue weighted by atomic mass is 16.2. The van der Waals surface area contributed by atoms with Gasteiger partial charge in [0.05, 0.1) is 5.69 Å². The number of rotatable bonds is 2. The van der Waals surface area contributed by atoms with Crippen LogP contribution in [0.3, 0.4) is 0 Å². The van der Waals surface area contributed by atoms with Crippen LogP contribution in [0, 0.1) is 20.8 Å². The fraction of sp³-hybridized carbons (Fsp3) is 0.400. The van der Waals surface area contributed by atoms with Crippen LogP contribution in [0.25, 0.3) is 5.78 Å². The molecule has 3 aromatic rings. The van der Waals surface area contributed by atoms with Crippen LogP contribution in [-0.2, 0) is 0 Å². The topological polar surface area (TPSA) is 63.4 Å². The van der Waals surface area contributed by atoms with Gasteiger partial charge in [-0.1, -0.05) is 18.2 Å². The average Bonchev–Trinajstić information content (AvgIpc) is 3.09. The summed E-state index contributed by atoms with van der Waals surface area (Å²) in [6.07, 6.45) is 3.56. The lowest BCUT2D eigenvalue weighted by molar-refractivity contribution is 0.0703. The second-order valence-corrected chi connectivity index (χ2v) is 7.15. The molecule has 26 heavy (non-hydrogen) atoms. The van der Waals surface area contributed by atoms with Crippen LogP contribution in [0.15, 0.2) is 30.6 Å². The SMILES string of the molecule is Cc1cc(C2CCCN(C(=O)c3c(C)cccc3C)C2)n2ncnc2n1. The van der Waals surface area contributed by atoms with E-state index in [1.807, 2.05) is 48.4 Å². The molecule has 2 aromatic heterocycles. The van der Waals surface area contributed by atoms with Crippen molar-refractivity contribution in [2.24, 2.45) is 0 Å². The Labute approximate surface area is 152 Å². The van der Waals surface area contributed by atoms with E-state index < -0.39 is 0 Å². The second kappa shape index (κ2) is 6.52. The van der Waals surface area contributed by atoms with Gasteiger partial charge in [-0.25, -0.2) is 9.50 Å². The number of piperidine rings is 1. The summed E-state index contributed by atoms with van der Waals surface area (Å²) >= 11 is 0. The number of likely N-dealkylation sites (tertiary alicyclic amines) is 1. The van der Waals surface area contributed by atoms with E-state index in [2.05, 4.69) is 21.1 Å². The lowest BCUT2D eigenvalue weighted by Crippen LogP contribution is -2.40. The first-order valence-corrected chi connectivity index (χ1v) is 9.07. The van der Waals surface area contributed by atoms with Crippen molar-refractivity contribution in [3.05, 3.63) is 58.7 Å². The molecule has 0 saturated carbocycles. The van der Waals surface area contributed by atoms with Crippen molar-refractivity contribution in [1.82, 2.24) is 24.5 Å². The highest BCUT2D eigenvalue weighted by molar-refractivity contribution is 5.97. The number of aryl methyl sites for hydroxylation is 3. The van der Waals surface area contributed by atoms with Crippen molar-refractivity contribution >= 4 is 11.7 Å². The van der Waals surface area contributed by atoms with Crippen molar-refractivity contribution in [3.63, 3.8) is 0 Å². The molecule has 1 aromatic carbocycles. The van der Waals surface area contributed by atoms with Crippen LogP contribution < -0.4 is 0 Å². The number of hydrogen-bond donors (Lipinski definition) is 0. The first-order chi connectivity index (χ1) is 12.5. The van der Waals surface area contributed by atoms with E-state index in [9.17, 15) is 4.79 Å². The molecule has 1 aliphatic rings. The highest BCUT2D eigenvalue weighted by Gasteiger charge is 2.28. The summed E-state index contributed by atoms with van der Waals surface area (Å²) < 4.78 is 1.81. The molecule has 134 valence electrons. The Morgan fingerprint density at radius 3 is 2.73 bits per heavy atom. The molecular weight excluding hydrogens is 326 g/mol. The zero-order valence-electron chi connectivity index (χ0n) is 15.4. The summed E-state index contributed by atoms with van der Waals surface area (Å²) in [6, 6.07) is 8.08. The standard InChI is InChI=1S/C20H23N5O/c1-13-6-4-7-14(2)18(13)19(26)24-9-5-8-16(11-24)17-10-15(3)23-20-21-12-22-25(17)20/h4,6-7,10,12,16H,5,8-9,11H2,1-3H3. The molecule has 0 aliphatic carbocycles. The van der Waals surface area contributed by atoms with Gasteiger partial charge in [-0.3, -0.25) is 4.79 Å². The molecule has 3 heterocycles. The molecular formula is C20H23N5O. The van der Waals surface area contributed by atoms with E-state index in [1.165, 1.54) is 6.33 Å². The minimum Gasteiger partial charge on any atom is -0.338 e. The largest absolute Gasteiger partial charge is 0.338 e. The molecule has 0 bridgehead atoms. The Hall–Kier alpha value is -2.76. The molecule has 4 rings (SSSR count). The third-order valence-corrected chi connectivity index (χ3v) is 5.23. The Morgan fingerprint density at radius 2 is 1.96 bits per heavy atom. The van der Waals surface area contributed by atoms with Gasteiger partial charge in [0.1, 0.15) is 6.33 Å². The monoisotopic (exact) mass is 349 g/mol. The predicted molar refractivity (Wildman–Crippen MR) is 99.3 cm³/mol. The van der Waals surface area contributed by atoms with Gasteiger partial charge in [-0.05, 0) is 50.8 Å². The fourth-order valence-electron chi connectivity index (χ4n) is 3.96. The van der Waals surface area contributed by atoms with Gasteiger partial charge >= 0.3 is 0 Å². The lowest BCUT2D eigenvalue weighted by Gasteiger charge is -2.33. The summed E-state index contributed by atoms with van der Waals surface area (Å²) in [7, 11) is 0.